The Hall–Kier alpha value is -0.270. The normalized spacial score (nSPS) is 26.1. The molecule has 1 heterocycles. The highest BCUT2D eigenvalue weighted by atomic mass is 32.3. The van der Waals surface area contributed by atoms with Gasteiger partial charge in [-0.3, -0.25) is 4.55 Å². The molecule has 0 fully saturated rings. The van der Waals surface area contributed by atoms with Gasteiger partial charge in [-0.2, -0.15) is 8.42 Å². The lowest BCUT2D eigenvalue weighted by Gasteiger charge is -1.97. The molecule has 0 bridgehead atoms. The molecule has 1 aliphatic rings. The summed E-state index contributed by atoms with van der Waals surface area (Å²) in [6.07, 6.45) is 1.23. The van der Waals surface area contributed by atoms with E-state index >= 15 is 0 Å². The molecule has 1 atom stereocenters. The summed E-state index contributed by atoms with van der Waals surface area (Å²) in [7, 11) is -4.00. The Balaban J connectivity index is 2.76. The predicted octanol–water partition coefficient (Wildman–Crippen LogP) is -0.562. The van der Waals surface area contributed by atoms with Crippen LogP contribution in [0.3, 0.4) is 0 Å². The Labute approximate surface area is 56.4 Å². The molecule has 1 aliphatic heterocycles. The fourth-order valence-corrected chi connectivity index (χ4v) is 1.58. The molecule has 0 aromatic rings. The Morgan fingerprint density at radius 3 is 2.67 bits per heavy atom. The third kappa shape index (κ3) is 1.57. The summed E-state index contributed by atoms with van der Waals surface area (Å²) in [5.41, 5.74) is 0. The monoisotopic (exact) mass is 168 g/mol. The maximum absolute atomic E-state index is 10.2. The fourth-order valence-electron chi connectivity index (χ4n) is 0.348. The molecule has 1 rings (SSSR count). The number of rotatable bonds is 1. The molecule has 2 N–H and O–H groups in total. The van der Waals surface area contributed by atoms with Crippen LogP contribution in [-0.4, -0.2) is 24.0 Å². The van der Waals surface area contributed by atoms with Gasteiger partial charge in [0, 0.05) is 0 Å². The van der Waals surface area contributed by atoms with Gasteiger partial charge < -0.3 is 4.72 Å². The Morgan fingerprint density at radius 1 is 1.78 bits per heavy atom. The van der Waals surface area contributed by atoms with Crippen LogP contribution in [0.4, 0.5) is 0 Å². The van der Waals surface area contributed by atoms with Gasteiger partial charge in [-0.05, 0) is 11.9 Å². The lowest BCUT2D eigenvalue weighted by atomic mass is 11.3. The molecule has 52 valence electrons. The van der Waals surface area contributed by atoms with Gasteiger partial charge in [0.25, 0.3) is 10.1 Å². The van der Waals surface area contributed by atoms with E-state index in [0.29, 0.717) is 0 Å². The molecule has 0 aliphatic carbocycles. The highest BCUT2D eigenvalue weighted by Gasteiger charge is 2.24. The highest BCUT2D eigenvalue weighted by molar-refractivity contribution is 8.11. The SMILES string of the molecule is O=S(=O)(O)C1N=CNS1. The first kappa shape index (κ1) is 6.84. The standard InChI is InChI=1S/C2H4N2O3S2/c5-9(6,7)2-3-1-4-8-2/h1-2H,(H,3,4)(H,5,6,7). The molecule has 0 saturated heterocycles. The second-order valence-electron chi connectivity index (χ2n) is 1.34. The minimum absolute atomic E-state index is 0.839. The lowest BCUT2D eigenvalue weighted by Crippen LogP contribution is -2.12. The van der Waals surface area contributed by atoms with Crippen molar-refractivity contribution in [3.05, 3.63) is 0 Å². The molecule has 0 amide bonds. The van der Waals surface area contributed by atoms with Gasteiger partial charge in [-0.15, -0.1) is 0 Å². The van der Waals surface area contributed by atoms with Crippen molar-refractivity contribution in [2.45, 2.75) is 4.71 Å². The van der Waals surface area contributed by atoms with Crippen LogP contribution in [0.5, 0.6) is 0 Å². The summed E-state index contributed by atoms with van der Waals surface area (Å²) in [5.74, 6) is 0. The fraction of sp³-hybridized carbons (Fsp3) is 0.500. The van der Waals surface area contributed by atoms with E-state index in [9.17, 15) is 8.42 Å². The van der Waals surface area contributed by atoms with E-state index in [2.05, 4.69) is 9.71 Å². The molecular weight excluding hydrogens is 164 g/mol. The third-order valence-electron chi connectivity index (χ3n) is 0.673. The lowest BCUT2D eigenvalue weighted by molar-refractivity contribution is 0.481. The Kier molecular flexibility index (Phi) is 1.64. The van der Waals surface area contributed by atoms with E-state index in [1.165, 1.54) is 6.34 Å². The van der Waals surface area contributed by atoms with Crippen molar-refractivity contribution in [3.63, 3.8) is 0 Å². The van der Waals surface area contributed by atoms with E-state index < -0.39 is 14.8 Å². The van der Waals surface area contributed by atoms with Gasteiger partial charge in [0.1, 0.15) is 0 Å². The molecule has 0 aromatic heterocycles. The van der Waals surface area contributed by atoms with Crippen LogP contribution < -0.4 is 4.72 Å². The summed E-state index contributed by atoms with van der Waals surface area (Å²) in [4.78, 5) is 3.40. The zero-order valence-corrected chi connectivity index (χ0v) is 5.82. The number of hydrogen-bond donors (Lipinski definition) is 2. The van der Waals surface area contributed by atoms with Crippen molar-refractivity contribution in [2.75, 3.05) is 0 Å². The van der Waals surface area contributed by atoms with Crippen LogP contribution in [0.1, 0.15) is 0 Å². The summed E-state index contributed by atoms with van der Waals surface area (Å²) in [6, 6.07) is 0. The van der Waals surface area contributed by atoms with Gasteiger partial charge in [-0.1, -0.05) is 0 Å². The molecular formula is C2H4N2O3S2. The van der Waals surface area contributed by atoms with Gasteiger partial charge in [-0.25, -0.2) is 4.99 Å². The first-order valence-electron chi connectivity index (χ1n) is 2.00. The topological polar surface area (TPSA) is 78.8 Å². The molecule has 0 radical (unpaired) electrons. The predicted molar refractivity (Wildman–Crippen MR) is 34.6 cm³/mol. The molecule has 9 heavy (non-hydrogen) atoms. The van der Waals surface area contributed by atoms with Crippen LogP contribution in [-0.2, 0) is 10.1 Å². The van der Waals surface area contributed by atoms with Crippen molar-refractivity contribution in [2.24, 2.45) is 4.99 Å². The summed E-state index contributed by atoms with van der Waals surface area (Å²) in [5, 5.41) is 0. The molecule has 7 heteroatoms. The molecule has 0 spiro atoms. The number of aliphatic imine (C=N–C) groups is 1. The minimum Gasteiger partial charge on any atom is -0.318 e. The zero-order valence-electron chi connectivity index (χ0n) is 4.18. The van der Waals surface area contributed by atoms with E-state index in [0.717, 1.165) is 11.9 Å². The zero-order chi connectivity index (χ0) is 6.91. The maximum atomic E-state index is 10.2. The molecule has 0 aromatic carbocycles. The van der Waals surface area contributed by atoms with Crippen molar-refractivity contribution < 1.29 is 13.0 Å². The van der Waals surface area contributed by atoms with Crippen molar-refractivity contribution in [1.29, 1.82) is 0 Å². The van der Waals surface area contributed by atoms with Crippen molar-refractivity contribution >= 4 is 28.4 Å². The number of nitrogens with one attached hydrogen (secondary N) is 1. The quantitative estimate of drug-likeness (QED) is 0.405. The van der Waals surface area contributed by atoms with Gasteiger partial charge in [0.2, 0.25) is 4.71 Å². The van der Waals surface area contributed by atoms with E-state index in [4.69, 9.17) is 4.55 Å². The van der Waals surface area contributed by atoms with Gasteiger partial charge in [0.05, 0.1) is 6.34 Å². The van der Waals surface area contributed by atoms with Crippen LogP contribution in [0, 0.1) is 0 Å². The summed E-state index contributed by atoms with van der Waals surface area (Å²) < 4.78 is 30.1. The summed E-state index contributed by atoms with van der Waals surface area (Å²) in [6.45, 7) is 0. The van der Waals surface area contributed by atoms with Gasteiger partial charge >= 0.3 is 0 Å². The average Bonchev–Trinajstić information content (AvgIpc) is 2.08. The second-order valence-corrected chi connectivity index (χ2v) is 4.03. The summed E-state index contributed by atoms with van der Waals surface area (Å²) >= 11 is 0.839. The van der Waals surface area contributed by atoms with E-state index in [-0.39, 0.29) is 0 Å². The van der Waals surface area contributed by atoms with Crippen LogP contribution in [0.2, 0.25) is 0 Å². The average molecular weight is 168 g/mol. The number of hydrogen-bond acceptors (Lipinski definition) is 5. The first-order valence-corrected chi connectivity index (χ1v) is 4.38. The first-order chi connectivity index (χ1) is 4.11. The maximum Gasteiger partial charge on any atom is 0.299 e. The highest BCUT2D eigenvalue weighted by Crippen LogP contribution is 2.16. The third-order valence-corrected chi connectivity index (χ3v) is 2.89. The largest absolute Gasteiger partial charge is 0.318 e. The molecule has 5 nitrogen and oxygen atoms in total. The Morgan fingerprint density at radius 2 is 2.44 bits per heavy atom. The molecule has 0 saturated carbocycles. The van der Waals surface area contributed by atoms with Crippen LogP contribution in [0.25, 0.3) is 0 Å². The van der Waals surface area contributed by atoms with Crippen LogP contribution in [0.15, 0.2) is 4.99 Å². The van der Waals surface area contributed by atoms with Crippen molar-refractivity contribution in [3.8, 4) is 0 Å². The van der Waals surface area contributed by atoms with E-state index in [1.54, 1.807) is 0 Å². The van der Waals surface area contributed by atoms with E-state index in [1.807, 2.05) is 0 Å². The van der Waals surface area contributed by atoms with Gasteiger partial charge in [0.15, 0.2) is 0 Å². The Bertz CT molecular complexity index is 220. The molecule has 1 unspecified atom stereocenters. The smallest absolute Gasteiger partial charge is 0.299 e. The minimum atomic E-state index is -4.00. The second kappa shape index (κ2) is 2.16. The van der Waals surface area contributed by atoms with Crippen molar-refractivity contribution in [1.82, 2.24) is 4.72 Å². The number of nitrogens with zero attached hydrogens (tertiary/aromatic N) is 1. The van der Waals surface area contributed by atoms with Crippen LogP contribution >= 0.6 is 11.9 Å².